The van der Waals surface area contributed by atoms with E-state index in [1.807, 2.05) is 24.3 Å². The van der Waals surface area contributed by atoms with E-state index in [1.54, 1.807) is 22.2 Å². The van der Waals surface area contributed by atoms with Crippen LogP contribution in [-0.2, 0) is 22.3 Å². The zero-order chi connectivity index (χ0) is 21.0. The standard InChI is InChI=1S/C21H24F2N2O3S/c1-3-4-8-18(23)20(15(2)22)29(27)24-12-10-17(11-13-24)25-19-9-6-5-7-16(19)14-28-21(25)26/h3-9,17H,10-14H2,1-2H3/b4-3-,18-8+,20-15-. The first kappa shape index (κ1) is 21.4. The molecule has 1 aromatic rings. The van der Waals surface area contributed by atoms with E-state index < -0.39 is 33.6 Å². The van der Waals surface area contributed by atoms with E-state index in [4.69, 9.17) is 4.74 Å². The van der Waals surface area contributed by atoms with Crippen LogP contribution in [0, 0.1) is 0 Å². The lowest BCUT2D eigenvalue weighted by molar-refractivity contribution is 0.136. The molecular weight excluding hydrogens is 398 g/mol. The molecule has 5 nitrogen and oxygen atoms in total. The summed E-state index contributed by atoms with van der Waals surface area (Å²) < 4.78 is 47.9. The number of fused-ring (bicyclic) bond motifs is 1. The van der Waals surface area contributed by atoms with Crippen molar-refractivity contribution >= 4 is 22.8 Å². The number of amides is 1. The van der Waals surface area contributed by atoms with Crippen molar-refractivity contribution in [2.45, 2.75) is 39.3 Å². The topological polar surface area (TPSA) is 49.9 Å². The molecule has 0 aromatic heterocycles. The maximum absolute atomic E-state index is 14.3. The van der Waals surface area contributed by atoms with Crippen LogP contribution in [0.25, 0.3) is 0 Å². The molecule has 2 aliphatic rings. The number of carbonyl (C=O) groups is 1. The number of benzene rings is 1. The Bertz CT molecular complexity index is 886. The van der Waals surface area contributed by atoms with Gasteiger partial charge in [-0.1, -0.05) is 30.4 Å². The summed E-state index contributed by atoms with van der Waals surface area (Å²) in [4.78, 5) is 13.6. The van der Waals surface area contributed by atoms with E-state index in [-0.39, 0.29) is 12.6 Å². The van der Waals surface area contributed by atoms with Crippen molar-refractivity contribution in [1.29, 1.82) is 0 Å². The van der Waals surface area contributed by atoms with Crippen LogP contribution in [0.3, 0.4) is 0 Å². The highest BCUT2D eigenvalue weighted by molar-refractivity contribution is 7.87. The summed E-state index contributed by atoms with van der Waals surface area (Å²) in [6, 6.07) is 7.44. The maximum atomic E-state index is 14.3. The van der Waals surface area contributed by atoms with Crippen LogP contribution in [0.1, 0.15) is 32.3 Å². The second kappa shape index (κ2) is 9.45. The van der Waals surface area contributed by atoms with Gasteiger partial charge in [-0.05, 0) is 38.8 Å². The lowest BCUT2D eigenvalue weighted by atomic mass is 10.0. The predicted molar refractivity (Wildman–Crippen MR) is 110 cm³/mol. The lowest BCUT2D eigenvalue weighted by Gasteiger charge is -2.39. The number of cyclic esters (lactones) is 1. The molecule has 2 aliphatic heterocycles. The van der Waals surface area contributed by atoms with E-state index in [9.17, 15) is 17.8 Å². The van der Waals surface area contributed by atoms with E-state index in [2.05, 4.69) is 0 Å². The highest BCUT2D eigenvalue weighted by Gasteiger charge is 2.36. The second-order valence-electron chi connectivity index (χ2n) is 6.87. The van der Waals surface area contributed by atoms with Crippen LogP contribution in [0.4, 0.5) is 19.3 Å². The molecule has 1 saturated heterocycles. The minimum atomic E-state index is -1.96. The Morgan fingerprint density at radius 1 is 1.24 bits per heavy atom. The van der Waals surface area contributed by atoms with Gasteiger partial charge in [0.25, 0.3) is 0 Å². The van der Waals surface area contributed by atoms with E-state index >= 15 is 0 Å². The van der Waals surface area contributed by atoms with Crippen molar-refractivity contribution in [3.8, 4) is 0 Å². The number of piperidine rings is 1. The first-order valence-electron chi connectivity index (χ1n) is 9.50. The quantitative estimate of drug-likeness (QED) is 0.634. The third-order valence-electron chi connectivity index (χ3n) is 4.96. The van der Waals surface area contributed by atoms with Gasteiger partial charge in [0, 0.05) is 24.7 Å². The first-order valence-corrected chi connectivity index (χ1v) is 10.6. The molecule has 0 spiro atoms. The van der Waals surface area contributed by atoms with Gasteiger partial charge in [-0.3, -0.25) is 4.90 Å². The molecule has 2 heterocycles. The second-order valence-corrected chi connectivity index (χ2v) is 8.29. The molecule has 1 unspecified atom stereocenters. The van der Waals surface area contributed by atoms with Gasteiger partial charge in [0.05, 0.1) is 5.69 Å². The van der Waals surface area contributed by atoms with Gasteiger partial charge in [-0.15, -0.1) is 0 Å². The normalized spacial score (nSPS) is 21.0. The lowest BCUT2D eigenvalue weighted by Crippen LogP contribution is -2.49. The van der Waals surface area contributed by atoms with Crippen molar-refractivity contribution in [1.82, 2.24) is 4.31 Å². The molecule has 0 bridgehead atoms. The van der Waals surface area contributed by atoms with Gasteiger partial charge in [0.1, 0.15) is 34.2 Å². The number of para-hydroxylation sites is 1. The summed E-state index contributed by atoms with van der Waals surface area (Å²) in [5, 5.41) is 0. The van der Waals surface area contributed by atoms with Gasteiger partial charge < -0.3 is 4.74 Å². The fourth-order valence-corrected chi connectivity index (χ4v) is 4.82. The summed E-state index contributed by atoms with van der Waals surface area (Å²) in [6.07, 6.45) is 4.78. The number of nitrogens with zero attached hydrogens (tertiary/aromatic N) is 2. The van der Waals surface area contributed by atoms with Crippen LogP contribution >= 0.6 is 0 Å². The summed E-state index contributed by atoms with van der Waals surface area (Å²) in [6.45, 7) is 3.74. The largest absolute Gasteiger partial charge is 0.444 e. The number of rotatable bonds is 5. The Labute approximate surface area is 171 Å². The molecule has 29 heavy (non-hydrogen) atoms. The number of allylic oxidation sites excluding steroid dienone is 5. The Hall–Kier alpha value is -2.32. The molecule has 1 aromatic carbocycles. The molecule has 0 N–H and O–H groups in total. The molecule has 0 saturated carbocycles. The van der Waals surface area contributed by atoms with Gasteiger partial charge in [-0.2, -0.15) is 0 Å². The van der Waals surface area contributed by atoms with Crippen molar-refractivity contribution < 1.29 is 22.5 Å². The van der Waals surface area contributed by atoms with E-state index in [0.29, 0.717) is 25.9 Å². The number of anilines is 1. The van der Waals surface area contributed by atoms with Crippen LogP contribution < -0.4 is 4.90 Å². The van der Waals surface area contributed by atoms with Crippen molar-refractivity contribution in [3.05, 3.63) is 64.6 Å². The summed E-state index contributed by atoms with van der Waals surface area (Å²) in [5.74, 6) is -1.66. The van der Waals surface area contributed by atoms with E-state index in [0.717, 1.165) is 24.3 Å². The first-order chi connectivity index (χ1) is 13.9. The smallest absolute Gasteiger partial charge is 0.414 e. The highest BCUT2D eigenvalue weighted by atomic mass is 32.2. The molecule has 156 valence electrons. The third kappa shape index (κ3) is 4.64. The minimum absolute atomic E-state index is 0.125. The zero-order valence-corrected chi connectivity index (χ0v) is 17.3. The number of hydrogen-bond acceptors (Lipinski definition) is 3. The van der Waals surface area contributed by atoms with Crippen molar-refractivity contribution in [2.24, 2.45) is 0 Å². The van der Waals surface area contributed by atoms with Crippen molar-refractivity contribution in [3.63, 3.8) is 0 Å². The average Bonchev–Trinajstić information content (AvgIpc) is 2.72. The fourth-order valence-electron chi connectivity index (χ4n) is 3.54. The van der Waals surface area contributed by atoms with Crippen LogP contribution in [0.15, 0.2) is 59.1 Å². The van der Waals surface area contributed by atoms with E-state index in [1.165, 1.54) is 6.08 Å². The number of hydrogen-bond donors (Lipinski definition) is 0. The molecule has 3 rings (SSSR count). The molecule has 8 heteroatoms. The Kier molecular flexibility index (Phi) is 6.97. The fraction of sp³-hybridized carbons (Fsp3) is 0.381. The average molecular weight is 422 g/mol. The van der Waals surface area contributed by atoms with Gasteiger partial charge in [0.2, 0.25) is 0 Å². The molecule has 0 aliphatic carbocycles. The third-order valence-corrected chi connectivity index (χ3v) is 6.62. The highest BCUT2D eigenvalue weighted by Crippen LogP contribution is 2.33. The van der Waals surface area contributed by atoms with Crippen LogP contribution in [-0.4, -0.2) is 33.7 Å². The summed E-state index contributed by atoms with van der Waals surface area (Å²) in [5.41, 5.74) is 1.76. The molecule has 1 fully saturated rings. The zero-order valence-electron chi connectivity index (χ0n) is 16.4. The van der Waals surface area contributed by atoms with Crippen molar-refractivity contribution in [2.75, 3.05) is 18.0 Å². The predicted octanol–water partition coefficient (Wildman–Crippen LogP) is 4.90. The number of halogens is 2. The molecular formula is C21H24F2N2O3S. The molecule has 0 radical (unpaired) electrons. The maximum Gasteiger partial charge on any atom is 0.414 e. The van der Waals surface area contributed by atoms with Gasteiger partial charge in [0.15, 0.2) is 0 Å². The summed E-state index contributed by atoms with van der Waals surface area (Å²) >= 11 is 0. The minimum Gasteiger partial charge on any atom is -0.444 e. The Morgan fingerprint density at radius 2 is 1.93 bits per heavy atom. The van der Waals surface area contributed by atoms with Gasteiger partial charge >= 0.3 is 6.09 Å². The summed E-state index contributed by atoms with van der Waals surface area (Å²) in [7, 11) is -1.96. The Balaban J connectivity index is 1.73. The number of ether oxygens (including phenoxy) is 1. The van der Waals surface area contributed by atoms with Gasteiger partial charge in [-0.25, -0.2) is 22.1 Å². The molecule has 1 amide bonds. The monoisotopic (exact) mass is 422 g/mol. The number of carbonyl (C=O) groups excluding carboxylic acids is 1. The van der Waals surface area contributed by atoms with Crippen LogP contribution in [0.5, 0.6) is 0 Å². The SMILES string of the molecule is C\C=C/C=C(F)\C(=C(/C)F)S(=O)N1CCC(N2C(=O)OCc3ccccc32)CC1. The van der Waals surface area contributed by atoms with Crippen LogP contribution in [0.2, 0.25) is 0 Å². The molecule has 1 atom stereocenters. The Morgan fingerprint density at radius 3 is 2.59 bits per heavy atom.